The average molecular weight is 330 g/mol. The third-order valence-corrected chi connectivity index (χ3v) is 5.77. The Labute approximate surface area is 127 Å². The largest absolute Gasteiger partial charge is 0.389 e. The van der Waals surface area contributed by atoms with E-state index in [2.05, 4.69) is 5.32 Å². The van der Waals surface area contributed by atoms with E-state index in [1.807, 2.05) is 0 Å². The minimum absolute atomic E-state index is 0.00358. The summed E-state index contributed by atoms with van der Waals surface area (Å²) in [4.78, 5) is 12.0. The number of sulfone groups is 1. The van der Waals surface area contributed by atoms with Gasteiger partial charge >= 0.3 is 0 Å². The molecule has 2 rings (SSSR count). The van der Waals surface area contributed by atoms with Gasteiger partial charge in [0.15, 0.2) is 9.84 Å². The van der Waals surface area contributed by atoms with Gasteiger partial charge in [-0.1, -0.05) is 24.7 Å². The Hall–Kier alpha value is -1.54. The standard InChI is InChI=1S/C13H15FN2O3S2/c14-8-4-3-5-9(11(8)12(15)20)16-13(17)10-6-1-2-7-21(10,18)19/h3-5,10H,1-2,6-7H2,(H2,15,20)(H,16,17). The summed E-state index contributed by atoms with van der Waals surface area (Å²) in [6.07, 6.45) is 1.50. The van der Waals surface area contributed by atoms with Crippen LogP contribution >= 0.6 is 12.2 Å². The zero-order chi connectivity index (χ0) is 15.6. The highest BCUT2D eigenvalue weighted by molar-refractivity contribution is 7.92. The molecule has 1 aliphatic heterocycles. The van der Waals surface area contributed by atoms with Crippen LogP contribution in [0.25, 0.3) is 0 Å². The van der Waals surface area contributed by atoms with E-state index in [0.717, 1.165) is 0 Å². The van der Waals surface area contributed by atoms with E-state index < -0.39 is 26.8 Å². The van der Waals surface area contributed by atoms with Gasteiger partial charge in [-0.2, -0.15) is 0 Å². The summed E-state index contributed by atoms with van der Waals surface area (Å²) in [6.45, 7) is 0. The Morgan fingerprint density at radius 2 is 2.10 bits per heavy atom. The molecule has 1 saturated heterocycles. The number of nitrogens with one attached hydrogen (secondary N) is 1. The van der Waals surface area contributed by atoms with Gasteiger partial charge in [0.2, 0.25) is 5.91 Å². The van der Waals surface area contributed by atoms with Crippen molar-refractivity contribution >= 4 is 38.6 Å². The van der Waals surface area contributed by atoms with E-state index >= 15 is 0 Å². The van der Waals surface area contributed by atoms with Crippen LogP contribution in [0.2, 0.25) is 0 Å². The van der Waals surface area contributed by atoms with Gasteiger partial charge in [-0.05, 0) is 25.0 Å². The van der Waals surface area contributed by atoms with Crippen LogP contribution in [0.4, 0.5) is 10.1 Å². The second kappa shape index (κ2) is 6.07. The first-order valence-electron chi connectivity index (χ1n) is 6.43. The molecule has 0 radical (unpaired) electrons. The zero-order valence-corrected chi connectivity index (χ0v) is 12.8. The number of amides is 1. The minimum atomic E-state index is -3.46. The van der Waals surface area contributed by atoms with Crippen molar-refractivity contribution in [3.63, 3.8) is 0 Å². The monoisotopic (exact) mass is 330 g/mol. The second-order valence-electron chi connectivity index (χ2n) is 4.87. The van der Waals surface area contributed by atoms with E-state index in [9.17, 15) is 17.6 Å². The fraction of sp³-hybridized carbons (Fsp3) is 0.385. The molecule has 0 aromatic heterocycles. The van der Waals surface area contributed by atoms with Gasteiger partial charge < -0.3 is 11.1 Å². The van der Waals surface area contributed by atoms with Crippen LogP contribution in [0.15, 0.2) is 18.2 Å². The van der Waals surface area contributed by atoms with Gasteiger partial charge in [0, 0.05) is 0 Å². The molecule has 1 aromatic carbocycles. The van der Waals surface area contributed by atoms with Crippen LogP contribution in [-0.4, -0.2) is 30.3 Å². The number of halogens is 1. The summed E-state index contributed by atoms with van der Waals surface area (Å²) < 4.78 is 37.5. The third kappa shape index (κ3) is 3.38. The summed E-state index contributed by atoms with van der Waals surface area (Å²) >= 11 is 4.76. The molecule has 0 spiro atoms. The Balaban J connectivity index is 2.28. The Kier molecular flexibility index (Phi) is 4.58. The van der Waals surface area contributed by atoms with Gasteiger partial charge in [0.25, 0.3) is 0 Å². The highest BCUT2D eigenvalue weighted by Crippen LogP contribution is 2.23. The molecule has 0 bridgehead atoms. The van der Waals surface area contributed by atoms with Gasteiger partial charge in [0.05, 0.1) is 17.0 Å². The number of carbonyl (C=O) groups excluding carboxylic acids is 1. The van der Waals surface area contributed by atoms with Crippen molar-refractivity contribution in [3.05, 3.63) is 29.6 Å². The molecule has 1 aliphatic rings. The Morgan fingerprint density at radius 1 is 1.38 bits per heavy atom. The molecule has 1 heterocycles. The number of carbonyl (C=O) groups is 1. The average Bonchev–Trinajstić information content (AvgIpc) is 2.37. The molecule has 1 aromatic rings. The third-order valence-electron chi connectivity index (χ3n) is 3.39. The highest BCUT2D eigenvalue weighted by Gasteiger charge is 2.35. The molecule has 1 atom stereocenters. The number of thiocarbonyl (C=S) groups is 1. The lowest BCUT2D eigenvalue weighted by atomic mass is 10.1. The predicted molar refractivity (Wildman–Crippen MR) is 82.3 cm³/mol. The lowest BCUT2D eigenvalue weighted by Crippen LogP contribution is -2.39. The van der Waals surface area contributed by atoms with Crippen molar-refractivity contribution in [3.8, 4) is 0 Å². The van der Waals surface area contributed by atoms with Crippen LogP contribution in [0, 0.1) is 5.82 Å². The van der Waals surface area contributed by atoms with Crippen LogP contribution in [0.5, 0.6) is 0 Å². The maximum atomic E-state index is 13.7. The van der Waals surface area contributed by atoms with E-state index in [1.165, 1.54) is 18.2 Å². The second-order valence-corrected chi connectivity index (χ2v) is 7.61. The van der Waals surface area contributed by atoms with E-state index in [1.54, 1.807) is 0 Å². The normalized spacial score (nSPS) is 20.7. The van der Waals surface area contributed by atoms with Crippen LogP contribution in [0.3, 0.4) is 0 Å². The molecule has 1 amide bonds. The van der Waals surface area contributed by atoms with E-state index in [-0.39, 0.29) is 28.4 Å². The fourth-order valence-electron chi connectivity index (χ4n) is 2.34. The first kappa shape index (κ1) is 15.8. The molecule has 1 unspecified atom stereocenters. The van der Waals surface area contributed by atoms with Crippen molar-refractivity contribution in [2.24, 2.45) is 5.73 Å². The molecule has 114 valence electrons. The number of rotatable bonds is 3. The number of hydrogen-bond donors (Lipinski definition) is 2. The number of nitrogens with two attached hydrogens (primary N) is 1. The SMILES string of the molecule is NC(=S)c1c(F)cccc1NC(=O)C1CCCCS1(=O)=O. The molecule has 1 fully saturated rings. The summed E-state index contributed by atoms with van der Waals surface area (Å²) in [7, 11) is -3.46. The number of anilines is 1. The van der Waals surface area contributed by atoms with Crippen molar-refractivity contribution in [2.75, 3.05) is 11.1 Å². The van der Waals surface area contributed by atoms with Crippen LogP contribution < -0.4 is 11.1 Å². The van der Waals surface area contributed by atoms with Crippen molar-refractivity contribution in [2.45, 2.75) is 24.5 Å². The Bertz CT molecular complexity index is 689. The molecule has 3 N–H and O–H groups in total. The lowest BCUT2D eigenvalue weighted by molar-refractivity contribution is -0.116. The predicted octanol–water partition coefficient (Wildman–Crippen LogP) is 1.37. The van der Waals surface area contributed by atoms with Gasteiger partial charge in [-0.25, -0.2) is 12.8 Å². The van der Waals surface area contributed by atoms with Crippen molar-refractivity contribution < 1.29 is 17.6 Å². The fourth-order valence-corrected chi connectivity index (χ4v) is 4.35. The first-order valence-corrected chi connectivity index (χ1v) is 8.56. The van der Waals surface area contributed by atoms with E-state index in [4.69, 9.17) is 18.0 Å². The van der Waals surface area contributed by atoms with Gasteiger partial charge in [0.1, 0.15) is 16.1 Å². The molecule has 0 aliphatic carbocycles. The van der Waals surface area contributed by atoms with Crippen molar-refractivity contribution in [1.82, 2.24) is 0 Å². The number of hydrogen-bond acceptors (Lipinski definition) is 4. The quantitative estimate of drug-likeness (QED) is 0.817. The highest BCUT2D eigenvalue weighted by atomic mass is 32.2. The molecule has 21 heavy (non-hydrogen) atoms. The maximum Gasteiger partial charge on any atom is 0.242 e. The molecule has 0 saturated carbocycles. The number of benzene rings is 1. The van der Waals surface area contributed by atoms with Crippen molar-refractivity contribution in [1.29, 1.82) is 0 Å². The molecule has 5 nitrogen and oxygen atoms in total. The Morgan fingerprint density at radius 3 is 2.71 bits per heavy atom. The van der Waals surface area contributed by atoms with E-state index in [0.29, 0.717) is 12.8 Å². The zero-order valence-electron chi connectivity index (χ0n) is 11.1. The molecular weight excluding hydrogens is 315 g/mol. The summed E-state index contributed by atoms with van der Waals surface area (Å²) in [5.74, 6) is -1.33. The van der Waals surface area contributed by atoms with Crippen LogP contribution in [-0.2, 0) is 14.6 Å². The summed E-state index contributed by atoms with van der Waals surface area (Å²) in [6, 6.07) is 3.99. The summed E-state index contributed by atoms with van der Waals surface area (Å²) in [5, 5.41) is 1.33. The van der Waals surface area contributed by atoms with Gasteiger partial charge in [-0.15, -0.1) is 0 Å². The molecular formula is C13H15FN2O3S2. The lowest BCUT2D eigenvalue weighted by Gasteiger charge is -2.22. The van der Waals surface area contributed by atoms with Gasteiger partial charge in [-0.3, -0.25) is 4.79 Å². The molecule has 8 heteroatoms. The topological polar surface area (TPSA) is 89.3 Å². The maximum absolute atomic E-state index is 13.7. The summed E-state index contributed by atoms with van der Waals surface area (Å²) in [5.41, 5.74) is 5.45. The first-order chi connectivity index (χ1) is 9.83. The van der Waals surface area contributed by atoms with Crippen LogP contribution in [0.1, 0.15) is 24.8 Å². The minimum Gasteiger partial charge on any atom is -0.389 e. The smallest absolute Gasteiger partial charge is 0.242 e.